The maximum Gasteiger partial charge on any atom is 0.460 e. The van der Waals surface area contributed by atoms with Crippen LogP contribution in [0.4, 0.5) is 45.2 Å². The van der Waals surface area contributed by atoms with E-state index in [0.717, 1.165) is 24.3 Å². The highest BCUT2D eigenvalue weighted by molar-refractivity contribution is 5.39. The van der Waals surface area contributed by atoms with Crippen LogP contribution in [0, 0.1) is 10.1 Å². The Morgan fingerprint density at radius 3 is 1.88 bits per heavy atom. The van der Waals surface area contributed by atoms with Crippen molar-refractivity contribution in [3.05, 3.63) is 39.9 Å². The van der Waals surface area contributed by atoms with E-state index in [1.165, 1.54) is 0 Å². The molecule has 0 amide bonds. The van der Waals surface area contributed by atoms with Gasteiger partial charge < -0.3 is 4.74 Å². The predicted octanol–water partition coefficient (Wildman–Crippen LogP) is 4.54. The predicted molar refractivity (Wildman–Crippen MR) is 58.8 cm³/mol. The summed E-state index contributed by atoms with van der Waals surface area (Å²) < 4.78 is 116. The Bertz CT molecular complexity index is 615. The highest BCUT2D eigenvalue weighted by Crippen LogP contribution is 2.53. The van der Waals surface area contributed by atoms with Crippen molar-refractivity contribution in [2.24, 2.45) is 0 Å². The number of para-hydroxylation sites is 1. The van der Waals surface area contributed by atoms with E-state index in [9.17, 15) is 49.6 Å². The SMILES string of the molecule is O=[N+]([O-])c1ccccc1COC(F)(F)C(F)(F)C(F)(F)C(F)(F)F. The summed E-state index contributed by atoms with van der Waals surface area (Å²) in [5.41, 5.74) is -1.60. The molecule has 0 aliphatic rings. The largest absolute Gasteiger partial charge is 0.460 e. The number of alkyl halides is 9. The molecule has 0 unspecified atom stereocenters. The van der Waals surface area contributed by atoms with Gasteiger partial charge in [0.2, 0.25) is 0 Å². The van der Waals surface area contributed by atoms with Gasteiger partial charge in [-0.15, -0.1) is 0 Å². The second-order valence-corrected chi connectivity index (χ2v) is 4.34. The fourth-order valence-electron chi connectivity index (χ4n) is 1.43. The summed E-state index contributed by atoms with van der Waals surface area (Å²) in [4.78, 5) is 9.47. The molecule has 0 bridgehead atoms. The first-order valence-corrected chi connectivity index (χ1v) is 5.71. The number of nitrogens with zero attached hydrogens (tertiary/aromatic N) is 1. The number of nitro benzene ring substituents is 1. The lowest BCUT2D eigenvalue weighted by molar-refractivity contribution is -0.446. The Hall–Kier alpha value is -2.05. The molecule has 0 saturated heterocycles. The molecule has 136 valence electrons. The Morgan fingerprint density at radius 1 is 0.917 bits per heavy atom. The quantitative estimate of drug-likeness (QED) is 0.419. The monoisotopic (exact) mass is 371 g/mol. The maximum atomic E-state index is 13.1. The number of hydrogen-bond acceptors (Lipinski definition) is 3. The normalized spacial score (nSPS) is 13.9. The van der Waals surface area contributed by atoms with Crippen LogP contribution in [0.15, 0.2) is 24.3 Å². The Kier molecular flexibility index (Phi) is 5.09. The summed E-state index contributed by atoms with van der Waals surface area (Å²) in [6, 6.07) is 3.66. The van der Waals surface area contributed by atoms with Gasteiger partial charge in [0.05, 0.1) is 17.1 Å². The fourth-order valence-corrected chi connectivity index (χ4v) is 1.43. The first-order chi connectivity index (χ1) is 10.6. The number of benzene rings is 1. The van der Waals surface area contributed by atoms with Gasteiger partial charge in [0, 0.05) is 6.07 Å². The third-order valence-corrected chi connectivity index (χ3v) is 2.71. The molecule has 4 nitrogen and oxygen atoms in total. The van der Waals surface area contributed by atoms with Gasteiger partial charge in [0.1, 0.15) is 0 Å². The molecule has 1 aromatic carbocycles. The van der Waals surface area contributed by atoms with E-state index in [-0.39, 0.29) is 0 Å². The molecular formula is C11H6F9NO3. The number of rotatable bonds is 6. The minimum absolute atomic E-state index is 0.728. The Labute approximate surface area is 127 Å². The van der Waals surface area contributed by atoms with Crippen LogP contribution in [0.25, 0.3) is 0 Å². The molecule has 0 fully saturated rings. The van der Waals surface area contributed by atoms with E-state index in [0.29, 0.717) is 0 Å². The van der Waals surface area contributed by atoms with Crippen molar-refractivity contribution < 1.29 is 49.2 Å². The minimum Gasteiger partial charge on any atom is -0.310 e. The van der Waals surface area contributed by atoms with Crippen LogP contribution >= 0.6 is 0 Å². The summed E-state index contributed by atoms with van der Waals surface area (Å²) in [5, 5.41) is 10.6. The Morgan fingerprint density at radius 2 is 1.42 bits per heavy atom. The smallest absolute Gasteiger partial charge is 0.310 e. The van der Waals surface area contributed by atoms with Gasteiger partial charge >= 0.3 is 24.1 Å². The van der Waals surface area contributed by atoms with Crippen molar-refractivity contribution in [2.75, 3.05) is 0 Å². The average Bonchev–Trinajstić information content (AvgIpc) is 2.43. The van der Waals surface area contributed by atoms with Crippen LogP contribution in [-0.2, 0) is 11.3 Å². The Balaban J connectivity index is 3.08. The van der Waals surface area contributed by atoms with Crippen LogP contribution in [0.1, 0.15) is 5.56 Å². The van der Waals surface area contributed by atoms with Crippen molar-refractivity contribution in [1.82, 2.24) is 0 Å². The molecule has 0 heterocycles. The van der Waals surface area contributed by atoms with Crippen molar-refractivity contribution in [1.29, 1.82) is 0 Å². The maximum absolute atomic E-state index is 13.1. The van der Waals surface area contributed by atoms with Crippen LogP contribution in [0.3, 0.4) is 0 Å². The van der Waals surface area contributed by atoms with Crippen molar-refractivity contribution in [2.45, 2.75) is 30.7 Å². The van der Waals surface area contributed by atoms with Crippen LogP contribution < -0.4 is 0 Å². The molecule has 0 N–H and O–H groups in total. The van der Waals surface area contributed by atoms with E-state index >= 15 is 0 Å². The van der Waals surface area contributed by atoms with E-state index < -0.39 is 46.9 Å². The summed E-state index contributed by atoms with van der Waals surface area (Å²) in [5.74, 6) is -14.0. The first kappa shape index (κ1) is 20.0. The minimum atomic E-state index is -7.09. The third-order valence-electron chi connectivity index (χ3n) is 2.71. The lowest BCUT2D eigenvalue weighted by Crippen LogP contribution is -2.61. The number of hydrogen-bond donors (Lipinski definition) is 0. The zero-order valence-electron chi connectivity index (χ0n) is 11.1. The highest BCUT2D eigenvalue weighted by Gasteiger charge is 2.82. The van der Waals surface area contributed by atoms with Crippen LogP contribution in [0.5, 0.6) is 0 Å². The third kappa shape index (κ3) is 3.39. The molecule has 0 atom stereocenters. The molecule has 0 spiro atoms. The zero-order chi connectivity index (χ0) is 19.0. The van der Waals surface area contributed by atoms with Crippen molar-refractivity contribution in [3.63, 3.8) is 0 Å². The highest BCUT2D eigenvalue weighted by atomic mass is 19.4. The van der Waals surface area contributed by atoms with Crippen molar-refractivity contribution in [3.8, 4) is 0 Å². The van der Waals surface area contributed by atoms with Gasteiger partial charge in [-0.05, 0) is 6.07 Å². The summed E-state index contributed by atoms with van der Waals surface area (Å²) in [7, 11) is 0. The van der Waals surface area contributed by atoms with Crippen molar-refractivity contribution >= 4 is 5.69 Å². The molecule has 0 saturated carbocycles. The fraction of sp³-hybridized carbons (Fsp3) is 0.455. The van der Waals surface area contributed by atoms with E-state index in [1.807, 2.05) is 0 Å². The molecule has 0 aliphatic heterocycles. The second-order valence-electron chi connectivity index (χ2n) is 4.34. The van der Waals surface area contributed by atoms with Crippen LogP contribution in [0.2, 0.25) is 0 Å². The summed E-state index contributed by atoms with van der Waals surface area (Å²) in [6.07, 6.45) is -13.2. The molecule has 1 aromatic rings. The lowest BCUT2D eigenvalue weighted by Gasteiger charge is -2.32. The second kappa shape index (κ2) is 6.11. The number of nitro groups is 1. The lowest BCUT2D eigenvalue weighted by atomic mass is 10.1. The van der Waals surface area contributed by atoms with Gasteiger partial charge in [-0.2, -0.15) is 39.5 Å². The molecule has 13 heteroatoms. The number of ether oxygens (including phenoxy) is 1. The van der Waals surface area contributed by atoms with Gasteiger partial charge in [-0.1, -0.05) is 12.1 Å². The molecule has 24 heavy (non-hydrogen) atoms. The average molecular weight is 371 g/mol. The van der Waals surface area contributed by atoms with Gasteiger partial charge in [-0.3, -0.25) is 10.1 Å². The van der Waals surface area contributed by atoms with Gasteiger partial charge in [0.15, 0.2) is 0 Å². The first-order valence-electron chi connectivity index (χ1n) is 5.71. The molecule has 0 aromatic heterocycles. The van der Waals surface area contributed by atoms with E-state index in [1.54, 1.807) is 0 Å². The topological polar surface area (TPSA) is 52.4 Å². The molecule has 1 rings (SSSR count). The zero-order valence-corrected chi connectivity index (χ0v) is 11.1. The van der Waals surface area contributed by atoms with Gasteiger partial charge in [-0.25, -0.2) is 0 Å². The van der Waals surface area contributed by atoms with Gasteiger partial charge in [0.25, 0.3) is 5.69 Å². The summed E-state index contributed by atoms with van der Waals surface area (Å²) >= 11 is 0. The van der Waals surface area contributed by atoms with Crippen LogP contribution in [-0.4, -0.2) is 29.1 Å². The molecule has 0 radical (unpaired) electrons. The summed E-state index contributed by atoms with van der Waals surface area (Å²) in [6.45, 7) is -1.70. The van der Waals surface area contributed by atoms with E-state index in [2.05, 4.69) is 4.74 Å². The molecule has 0 aliphatic carbocycles. The van der Waals surface area contributed by atoms with E-state index in [4.69, 9.17) is 0 Å². The molecular weight excluding hydrogens is 365 g/mol. The standard InChI is InChI=1S/C11H6F9NO3/c12-8(13,10(16,17)18)9(14,15)11(19,20)24-5-6-3-1-2-4-7(6)21(22)23/h1-4H,5H2. The number of halogens is 9.